The lowest BCUT2D eigenvalue weighted by molar-refractivity contribution is -0.253. The summed E-state index contributed by atoms with van der Waals surface area (Å²) in [6, 6.07) is 24.2. The van der Waals surface area contributed by atoms with Gasteiger partial charge in [-0.2, -0.15) is 0 Å². The average Bonchev–Trinajstić information content (AvgIpc) is 3.13. The third-order valence-corrected chi connectivity index (χ3v) is 8.77. The summed E-state index contributed by atoms with van der Waals surface area (Å²) in [7, 11) is 0. The first-order valence-electron chi connectivity index (χ1n) is 16.7. The van der Waals surface area contributed by atoms with Gasteiger partial charge in [-0.25, -0.2) is 9.97 Å². The number of benzene rings is 3. The van der Waals surface area contributed by atoms with E-state index < -0.39 is 6.29 Å². The number of nitrogens with zero attached hydrogens (tertiary/aromatic N) is 4. The van der Waals surface area contributed by atoms with Crippen LogP contribution in [0, 0.1) is 0 Å². The molecule has 49 heavy (non-hydrogen) atoms. The molecule has 2 saturated heterocycles. The summed E-state index contributed by atoms with van der Waals surface area (Å²) < 4.78 is 13.1. The minimum Gasteiger partial charge on any atom is -0.397 e. The smallest absolute Gasteiger partial charge is 0.225 e. The van der Waals surface area contributed by atoms with Crippen molar-refractivity contribution in [3.63, 3.8) is 0 Å². The van der Waals surface area contributed by atoms with Crippen molar-refractivity contribution < 1.29 is 24.2 Å². The Morgan fingerprint density at radius 3 is 2.31 bits per heavy atom. The fourth-order valence-corrected chi connectivity index (χ4v) is 6.13. The maximum atomic E-state index is 12.8. The molecule has 0 aliphatic carbocycles. The number of hydrogen-bond donors (Lipinski definition) is 4. The number of carbonyl (C=O) groups is 2. The third kappa shape index (κ3) is 9.39. The van der Waals surface area contributed by atoms with Crippen molar-refractivity contribution in [2.45, 2.75) is 50.8 Å². The van der Waals surface area contributed by atoms with E-state index >= 15 is 0 Å². The molecule has 0 bridgehead atoms. The number of amides is 2. The minimum atomic E-state index is -0.647. The molecular weight excluding hydrogens is 622 g/mol. The molecule has 5 N–H and O–H groups in total. The Balaban J connectivity index is 1.07. The molecule has 2 aliphatic heterocycles. The summed E-state index contributed by atoms with van der Waals surface area (Å²) in [6.45, 7) is 4.11. The third-order valence-electron chi connectivity index (χ3n) is 8.77. The molecule has 12 heteroatoms. The number of para-hydroxylation sites is 2. The predicted octanol–water partition coefficient (Wildman–Crippen LogP) is 4.67. The van der Waals surface area contributed by atoms with Crippen LogP contribution in [0.2, 0.25) is 0 Å². The van der Waals surface area contributed by atoms with Crippen LogP contribution >= 0.6 is 0 Å². The first kappa shape index (κ1) is 34.0. The van der Waals surface area contributed by atoms with Gasteiger partial charge in [-0.05, 0) is 47.9 Å². The highest BCUT2D eigenvalue weighted by molar-refractivity contribution is 5.94. The van der Waals surface area contributed by atoms with Crippen molar-refractivity contribution in [1.29, 1.82) is 0 Å². The maximum absolute atomic E-state index is 12.8. The van der Waals surface area contributed by atoms with Crippen LogP contribution in [0.3, 0.4) is 0 Å². The van der Waals surface area contributed by atoms with Crippen LogP contribution in [0.25, 0.3) is 0 Å². The van der Waals surface area contributed by atoms with Crippen LogP contribution in [-0.4, -0.2) is 70.6 Å². The van der Waals surface area contributed by atoms with Gasteiger partial charge < -0.3 is 35.8 Å². The van der Waals surface area contributed by atoms with Crippen molar-refractivity contribution in [3.8, 4) is 0 Å². The van der Waals surface area contributed by atoms with Crippen molar-refractivity contribution >= 4 is 34.8 Å². The van der Waals surface area contributed by atoms with Gasteiger partial charge in [-0.15, -0.1) is 0 Å². The number of nitrogens with two attached hydrogens (primary N) is 1. The van der Waals surface area contributed by atoms with Gasteiger partial charge in [0.25, 0.3) is 0 Å². The quantitative estimate of drug-likeness (QED) is 0.157. The lowest BCUT2D eigenvalue weighted by Gasteiger charge is -2.40. The van der Waals surface area contributed by atoms with Gasteiger partial charge in [-0.1, -0.05) is 48.5 Å². The molecule has 2 amide bonds. The van der Waals surface area contributed by atoms with Gasteiger partial charge in [0.2, 0.25) is 17.8 Å². The van der Waals surface area contributed by atoms with E-state index in [9.17, 15) is 14.7 Å². The first-order valence-corrected chi connectivity index (χ1v) is 16.7. The van der Waals surface area contributed by atoms with E-state index in [-0.39, 0.29) is 43.5 Å². The van der Waals surface area contributed by atoms with Crippen molar-refractivity contribution in [2.24, 2.45) is 0 Å². The van der Waals surface area contributed by atoms with Crippen LogP contribution in [0.4, 0.5) is 23.0 Å². The number of carbonyl (C=O) groups excluding carboxylic acids is 2. The van der Waals surface area contributed by atoms with Gasteiger partial charge in [0.15, 0.2) is 6.29 Å². The monoisotopic (exact) mass is 665 g/mol. The minimum absolute atomic E-state index is 0.0192. The van der Waals surface area contributed by atoms with E-state index in [2.05, 4.69) is 30.4 Å². The molecular formula is C37H43N7O5. The van der Waals surface area contributed by atoms with E-state index in [0.29, 0.717) is 29.9 Å². The van der Waals surface area contributed by atoms with Crippen LogP contribution in [0.5, 0.6) is 0 Å². The number of hydrogen-bond acceptors (Lipinski definition) is 10. The van der Waals surface area contributed by atoms with Gasteiger partial charge >= 0.3 is 0 Å². The number of nitrogen functional groups attached to an aromatic ring is 1. The zero-order valence-electron chi connectivity index (χ0n) is 27.4. The van der Waals surface area contributed by atoms with Gasteiger partial charge in [-0.3, -0.25) is 14.5 Å². The zero-order chi connectivity index (χ0) is 34.0. The van der Waals surface area contributed by atoms with Crippen LogP contribution in [-0.2, 0) is 25.7 Å². The van der Waals surface area contributed by atoms with Gasteiger partial charge in [0.05, 0.1) is 30.2 Å². The summed E-state index contributed by atoms with van der Waals surface area (Å²) >= 11 is 0. The molecule has 6 rings (SSSR count). The van der Waals surface area contributed by atoms with Crippen molar-refractivity contribution in [1.82, 2.24) is 14.9 Å². The zero-order valence-corrected chi connectivity index (χ0v) is 27.4. The Morgan fingerprint density at radius 2 is 1.57 bits per heavy atom. The van der Waals surface area contributed by atoms with E-state index in [1.165, 1.54) is 0 Å². The number of piperazine rings is 1. The predicted molar refractivity (Wildman–Crippen MR) is 188 cm³/mol. The lowest BCUT2D eigenvalue weighted by atomic mass is 9.99. The maximum Gasteiger partial charge on any atom is 0.225 e. The molecule has 2 aliphatic rings. The lowest BCUT2D eigenvalue weighted by Crippen LogP contribution is -2.50. The van der Waals surface area contributed by atoms with Crippen LogP contribution < -0.4 is 21.3 Å². The standard InChI is InChI=1S/C37H43N7O5/c38-31-8-1-2-9-32(31)42-35(47)11-4-10-34(46)41-29-7-3-6-28(22-29)36-48-30(23-33(49-36)27-14-12-26(25-45)13-15-27)24-43-18-20-44(21-19-43)37-39-16-5-17-40-37/h1-3,5-9,12-17,22,30,33,36,45H,4,10-11,18-21,23-25,38H2,(H,41,46)(H,42,47). The SMILES string of the molecule is Nc1ccccc1NC(=O)CCCC(=O)Nc1cccc(C2OC(CN3CCN(c4ncccn4)CC3)CC(c3ccc(CO)cc3)O2)c1. The van der Waals surface area contributed by atoms with Crippen LogP contribution in [0.15, 0.2) is 91.3 Å². The topological polar surface area (TPSA) is 155 Å². The van der Waals surface area contributed by atoms with Gasteiger partial charge in [0.1, 0.15) is 0 Å². The summed E-state index contributed by atoms with van der Waals surface area (Å²) in [6.07, 6.45) is 4.03. The number of aliphatic hydroxyl groups is 1. The fraction of sp³-hybridized carbons (Fsp3) is 0.351. The van der Waals surface area contributed by atoms with E-state index in [1.807, 2.05) is 54.6 Å². The summed E-state index contributed by atoms with van der Waals surface area (Å²) in [5.74, 6) is 0.373. The number of aromatic nitrogens is 2. The van der Waals surface area contributed by atoms with Crippen LogP contribution in [0.1, 0.15) is 54.8 Å². The van der Waals surface area contributed by atoms with E-state index in [0.717, 1.165) is 55.4 Å². The number of aliphatic hydroxyl groups excluding tert-OH is 1. The first-order chi connectivity index (χ1) is 23.9. The Bertz CT molecular complexity index is 1680. The largest absolute Gasteiger partial charge is 0.397 e. The molecule has 0 saturated carbocycles. The molecule has 2 fully saturated rings. The Kier molecular flexibility index (Phi) is 11.4. The summed E-state index contributed by atoms with van der Waals surface area (Å²) in [5.41, 5.74) is 10.2. The molecule has 4 aromatic rings. The molecule has 0 spiro atoms. The molecule has 3 atom stereocenters. The molecule has 3 aromatic carbocycles. The molecule has 256 valence electrons. The van der Waals surface area contributed by atoms with E-state index in [1.54, 1.807) is 36.7 Å². The van der Waals surface area contributed by atoms with Crippen molar-refractivity contribution in [2.75, 3.05) is 54.0 Å². The average molecular weight is 666 g/mol. The highest BCUT2D eigenvalue weighted by atomic mass is 16.7. The Hall–Kier alpha value is -4.88. The second kappa shape index (κ2) is 16.5. The Labute approximate surface area is 286 Å². The Morgan fingerprint density at radius 1 is 0.837 bits per heavy atom. The highest BCUT2D eigenvalue weighted by Crippen LogP contribution is 2.39. The van der Waals surface area contributed by atoms with Crippen molar-refractivity contribution in [3.05, 3.63) is 108 Å². The molecule has 3 unspecified atom stereocenters. The second-order valence-corrected chi connectivity index (χ2v) is 12.3. The number of nitrogens with one attached hydrogen (secondary N) is 2. The number of ether oxygens (including phenoxy) is 2. The second-order valence-electron chi connectivity index (χ2n) is 12.3. The van der Waals surface area contributed by atoms with Gasteiger partial charge in [0, 0.05) is 75.6 Å². The fourth-order valence-electron chi connectivity index (χ4n) is 6.13. The number of anilines is 4. The van der Waals surface area contributed by atoms with E-state index in [4.69, 9.17) is 15.2 Å². The molecule has 3 heterocycles. The normalized spacial score (nSPS) is 19.7. The molecule has 12 nitrogen and oxygen atoms in total. The number of rotatable bonds is 12. The highest BCUT2D eigenvalue weighted by Gasteiger charge is 2.34. The molecule has 0 radical (unpaired) electrons. The molecule has 1 aromatic heterocycles. The summed E-state index contributed by atoms with van der Waals surface area (Å²) in [4.78, 5) is 38.6. The summed E-state index contributed by atoms with van der Waals surface area (Å²) in [5, 5.41) is 15.3.